The topological polar surface area (TPSA) is 79.3 Å². The molecule has 0 saturated heterocycles. The van der Waals surface area contributed by atoms with Crippen LogP contribution in [0.5, 0.6) is 0 Å². The minimum absolute atomic E-state index is 0.120. The maximum absolute atomic E-state index is 12.8. The summed E-state index contributed by atoms with van der Waals surface area (Å²) < 4.78 is 38.4. The molecule has 0 saturated carbocycles. The Morgan fingerprint density at radius 1 is 1.56 bits per heavy atom. The van der Waals surface area contributed by atoms with Crippen molar-refractivity contribution < 1.29 is 17.9 Å². The first kappa shape index (κ1) is 13.0. The quantitative estimate of drug-likeness (QED) is 0.784. The zero-order chi connectivity index (χ0) is 12.2. The Morgan fingerprint density at radius 3 is 2.81 bits per heavy atom. The van der Waals surface area contributed by atoms with Crippen molar-refractivity contribution in [3.05, 3.63) is 24.3 Å². The average molecular weight is 248 g/mol. The molecular weight excluding hydrogens is 235 g/mol. The van der Waals surface area contributed by atoms with Gasteiger partial charge in [-0.25, -0.2) is 17.5 Å². The van der Waals surface area contributed by atoms with Gasteiger partial charge in [0.25, 0.3) is 0 Å². The van der Waals surface area contributed by atoms with E-state index >= 15 is 0 Å². The van der Waals surface area contributed by atoms with E-state index in [-0.39, 0.29) is 11.5 Å². The van der Waals surface area contributed by atoms with Crippen molar-refractivity contribution in [1.82, 2.24) is 9.71 Å². The van der Waals surface area contributed by atoms with Crippen LogP contribution in [0.25, 0.3) is 0 Å². The molecule has 90 valence electrons. The van der Waals surface area contributed by atoms with Gasteiger partial charge in [0.05, 0.1) is 6.20 Å². The summed E-state index contributed by atoms with van der Waals surface area (Å²) in [4.78, 5) is 3.24. The van der Waals surface area contributed by atoms with Crippen LogP contribution in [-0.4, -0.2) is 31.2 Å². The number of hydrogen-bond acceptors (Lipinski definition) is 4. The van der Waals surface area contributed by atoms with Crippen LogP contribution in [0.15, 0.2) is 23.4 Å². The molecule has 1 aromatic heterocycles. The Hall–Kier alpha value is -1.05. The van der Waals surface area contributed by atoms with Gasteiger partial charge in [0.1, 0.15) is 10.7 Å². The standard InChI is InChI=1S/C9H13FN2O3S/c1-7(2-3-13)12-16(14,15)9-4-8(10)5-11-6-9/h4-7,12-13H,2-3H2,1H3. The Morgan fingerprint density at radius 2 is 2.25 bits per heavy atom. The van der Waals surface area contributed by atoms with Crippen LogP contribution in [-0.2, 0) is 10.0 Å². The van der Waals surface area contributed by atoms with Crippen molar-refractivity contribution in [2.24, 2.45) is 0 Å². The Balaban J connectivity index is 2.86. The fraction of sp³-hybridized carbons (Fsp3) is 0.444. The predicted molar refractivity (Wildman–Crippen MR) is 55.7 cm³/mol. The molecule has 0 amide bonds. The van der Waals surface area contributed by atoms with Gasteiger partial charge in [0.2, 0.25) is 10.0 Å². The number of sulfonamides is 1. The zero-order valence-electron chi connectivity index (χ0n) is 8.72. The number of pyridine rings is 1. The fourth-order valence-corrected chi connectivity index (χ4v) is 2.38. The lowest BCUT2D eigenvalue weighted by Gasteiger charge is -2.12. The molecule has 2 N–H and O–H groups in total. The number of hydrogen-bond donors (Lipinski definition) is 2. The van der Waals surface area contributed by atoms with E-state index in [9.17, 15) is 12.8 Å². The van der Waals surface area contributed by atoms with Gasteiger partial charge in [-0.15, -0.1) is 0 Å². The minimum Gasteiger partial charge on any atom is -0.396 e. The van der Waals surface area contributed by atoms with Crippen LogP contribution in [0.1, 0.15) is 13.3 Å². The van der Waals surface area contributed by atoms with E-state index < -0.39 is 21.9 Å². The van der Waals surface area contributed by atoms with Crippen LogP contribution in [0, 0.1) is 5.82 Å². The van der Waals surface area contributed by atoms with Crippen LogP contribution >= 0.6 is 0 Å². The smallest absolute Gasteiger partial charge is 0.242 e. The van der Waals surface area contributed by atoms with Gasteiger partial charge >= 0.3 is 0 Å². The Bertz CT molecular complexity index is 450. The third kappa shape index (κ3) is 3.51. The van der Waals surface area contributed by atoms with Crippen molar-refractivity contribution in [2.45, 2.75) is 24.3 Å². The van der Waals surface area contributed by atoms with E-state index in [0.717, 1.165) is 18.5 Å². The number of aromatic nitrogens is 1. The summed E-state index contributed by atoms with van der Waals surface area (Å²) in [6, 6.07) is 0.472. The third-order valence-corrected chi connectivity index (χ3v) is 3.47. The third-order valence-electron chi connectivity index (χ3n) is 1.91. The molecule has 5 nitrogen and oxygen atoms in total. The van der Waals surface area contributed by atoms with Gasteiger partial charge in [-0.1, -0.05) is 0 Å². The second kappa shape index (κ2) is 5.33. The number of rotatable bonds is 5. The minimum atomic E-state index is -3.77. The second-order valence-electron chi connectivity index (χ2n) is 3.37. The summed E-state index contributed by atoms with van der Waals surface area (Å²) in [5, 5.41) is 8.64. The molecule has 0 radical (unpaired) electrons. The van der Waals surface area contributed by atoms with Crippen molar-refractivity contribution in [2.75, 3.05) is 6.61 Å². The van der Waals surface area contributed by atoms with Crippen LogP contribution in [0.4, 0.5) is 4.39 Å². The molecule has 7 heteroatoms. The summed E-state index contributed by atoms with van der Waals surface area (Å²) in [5.41, 5.74) is 0. The number of halogens is 1. The highest BCUT2D eigenvalue weighted by atomic mass is 32.2. The Labute approximate surface area is 93.4 Å². The monoisotopic (exact) mass is 248 g/mol. The molecule has 0 aliphatic rings. The maximum atomic E-state index is 12.8. The molecule has 0 bridgehead atoms. The molecule has 16 heavy (non-hydrogen) atoms. The van der Waals surface area contributed by atoms with E-state index in [4.69, 9.17) is 5.11 Å². The summed E-state index contributed by atoms with van der Waals surface area (Å²) in [6.07, 6.45) is 2.29. The highest BCUT2D eigenvalue weighted by Crippen LogP contribution is 2.09. The van der Waals surface area contributed by atoms with Crippen LogP contribution < -0.4 is 4.72 Å². The zero-order valence-corrected chi connectivity index (χ0v) is 9.54. The first-order valence-electron chi connectivity index (χ1n) is 4.69. The van der Waals surface area contributed by atoms with Gasteiger partial charge in [0.15, 0.2) is 0 Å². The molecular formula is C9H13FN2O3S. The van der Waals surface area contributed by atoms with Crippen LogP contribution in [0.2, 0.25) is 0 Å². The van der Waals surface area contributed by atoms with E-state index in [1.54, 1.807) is 6.92 Å². The Kier molecular flexibility index (Phi) is 4.34. The van der Waals surface area contributed by atoms with E-state index in [1.807, 2.05) is 0 Å². The van der Waals surface area contributed by atoms with Crippen LogP contribution in [0.3, 0.4) is 0 Å². The number of aliphatic hydroxyl groups excluding tert-OH is 1. The second-order valence-corrected chi connectivity index (χ2v) is 5.09. The lowest BCUT2D eigenvalue weighted by Crippen LogP contribution is -2.33. The maximum Gasteiger partial charge on any atom is 0.242 e. The van der Waals surface area contributed by atoms with Gasteiger partial charge in [-0.3, -0.25) is 4.98 Å². The molecule has 1 heterocycles. The van der Waals surface area contributed by atoms with E-state index in [0.29, 0.717) is 6.42 Å². The highest BCUT2D eigenvalue weighted by molar-refractivity contribution is 7.89. The van der Waals surface area contributed by atoms with Crippen molar-refractivity contribution in [1.29, 1.82) is 0 Å². The molecule has 0 aromatic carbocycles. The lowest BCUT2D eigenvalue weighted by atomic mass is 10.3. The number of nitrogens with zero attached hydrogens (tertiary/aromatic N) is 1. The number of nitrogens with one attached hydrogen (secondary N) is 1. The summed E-state index contributed by atoms with van der Waals surface area (Å²) in [6.45, 7) is 1.49. The summed E-state index contributed by atoms with van der Waals surface area (Å²) in [7, 11) is -3.77. The summed E-state index contributed by atoms with van der Waals surface area (Å²) in [5.74, 6) is -0.710. The molecule has 1 rings (SSSR count). The average Bonchev–Trinajstić information content (AvgIpc) is 2.17. The van der Waals surface area contributed by atoms with Crippen molar-refractivity contribution in [3.8, 4) is 0 Å². The molecule has 1 atom stereocenters. The predicted octanol–water partition coefficient (Wildman–Crippen LogP) is 0.270. The first-order chi connectivity index (χ1) is 7.45. The largest absolute Gasteiger partial charge is 0.396 e. The van der Waals surface area contributed by atoms with Crippen molar-refractivity contribution in [3.63, 3.8) is 0 Å². The fourth-order valence-electron chi connectivity index (χ4n) is 1.12. The first-order valence-corrected chi connectivity index (χ1v) is 6.18. The number of aliphatic hydroxyl groups is 1. The molecule has 0 fully saturated rings. The van der Waals surface area contributed by atoms with Gasteiger partial charge in [-0.2, -0.15) is 0 Å². The SMILES string of the molecule is CC(CCO)NS(=O)(=O)c1cncc(F)c1. The van der Waals surface area contributed by atoms with Gasteiger partial charge < -0.3 is 5.11 Å². The lowest BCUT2D eigenvalue weighted by molar-refractivity contribution is 0.275. The van der Waals surface area contributed by atoms with Gasteiger partial charge in [0, 0.05) is 18.8 Å². The van der Waals surface area contributed by atoms with E-state index in [1.165, 1.54) is 0 Å². The molecule has 0 aliphatic carbocycles. The summed E-state index contributed by atoms with van der Waals surface area (Å²) >= 11 is 0. The van der Waals surface area contributed by atoms with Crippen molar-refractivity contribution >= 4 is 10.0 Å². The van der Waals surface area contributed by atoms with Gasteiger partial charge in [-0.05, 0) is 19.4 Å². The normalized spacial score (nSPS) is 13.7. The molecule has 0 aliphatic heterocycles. The molecule has 1 unspecified atom stereocenters. The highest BCUT2D eigenvalue weighted by Gasteiger charge is 2.17. The van der Waals surface area contributed by atoms with E-state index in [2.05, 4.69) is 9.71 Å². The molecule has 0 spiro atoms. The molecule has 1 aromatic rings.